The monoisotopic (exact) mass is 437 g/mol. The second-order valence-electron chi connectivity index (χ2n) is 7.37. The van der Waals surface area contributed by atoms with Gasteiger partial charge in [0.15, 0.2) is 0 Å². The number of carbonyl (C=O) groups excluding carboxylic acids is 1. The molecule has 160 valence electrons. The summed E-state index contributed by atoms with van der Waals surface area (Å²) >= 11 is 5.92. The van der Waals surface area contributed by atoms with E-state index in [1.165, 1.54) is 0 Å². The molecular formula is C25H24ClNO4. The highest BCUT2D eigenvalue weighted by atomic mass is 35.5. The molecule has 0 aliphatic carbocycles. The number of hydrogen-bond donors (Lipinski definition) is 0. The maximum absolute atomic E-state index is 13.0. The van der Waals surface area contributed by atoms with E-state index >= 15 is 0 Å². The first-order valence-electron chi connectivity index (χ1n) is 10.1. The zero-order chi connectivity index (χ0) is 21.6. The molecule has 1 heterocycles. The van der Waals surface area contributed by atoms with Gasteiger partial charge in [0.25, 0.3) is 5.91 Å². The average Bonchev–Trinajstić information content (AvgIpc) is 3.02. The molecule has 31 heavy (non-hydrogen) atoms. The Hall–Kier alpha value is -3.02. The van der Waals surface area contributed by atoms with Crippen molar-refractivity contribution in [1.29, 1.82) is 0 Å². The van der Waals surface area contributed by atoms with Gasteiger partial charge in [-0.3, -0.25) is 4.79 Å². The summed E-state index contributed by atoms with van der Waals surface area (Å²) in [5.41, 5.74) is 3.68. The molecule has 0 saturated carbocycles. The Kier molecular flexibility index (Phi) is 6.75. The number of benzene rings is 3. The van der Waals surface area contributed by atoms with Crippen molar-refractivity contribution in [2.75, 3.05) is 20.3 Å². The SMILES string of the molecule is COc1cccc(C(=O)N2CCOc3ccc(COCc4ccc(Cl)cc4)cc3C2)c1. The Morgan fingerprint density at radius 2 is 1.81 bits per heavy atom. The lowest BCUT2D eigenvalue weighted by Crippen LogP contribution is -2.32. The second-order valence-corrected chi connectivity index (χ2v) is 7.80. The average molecular weight is 438 g/mol. The number of rotatable bonds is 6. The summed E-state index contributed by atoms with van der Waals surface area (Å²) in [6.07, 6.45) is 0. The van der Waals surface area contributed by atoms with Crippen LogP contribution in [-0.4, -0.2) is 31.1 Å². The van der Waals surface area contributed by atoms with Gasteiger partial charge in [-0.15, -0.1) is 0 Å². The number of ether oxygens (including phenoxy) is 3. The fourth-order valence-electron chi connectivity index (χ4n) is 3.52. The molecule has 3 aromatic carbocycles. The summed E-state index contributed by atoms with van der Waals surface area (Å²) in [7, 11) is 1.59. The van der Waals surface area contributed by atoms with E-state index in [4.69, 9.17) is 25.8 Å². The first kappa shape index (κ1) is 21.2. The minimum absolute atomic E-state index is 0.0419. The van der Waals surface area contributed by atoms with Crippen LogP contribution in [0.15, 0.2) is 66.7 Å². The van der Waals surface area contributed by atoms with E-state index in [1.54, 1.807) is 24.1 Å². The van der Waals surface area contributed by atoms with Crippen LogP contribution < -0.4 is 9.47 Å². The van der Waals surface area contributed by atoms with Crippen LogP contribution in [0.2, 0.25) is 5.02 Å². The molecule has 1 aliphatic heterocycles. The molecule has 4 rings (SSSR count). The first-order chi connectivity index (χ1) is 15.1. The lowest BCUT2D eigenvalue weighted by Gasteiger charge is -2.20. The van der Waals surface area contributed by atoms with E-state index in [-0.39, 0.29) is 5.91 Å². The van der Waals surface area contributed by atoms with Gasteiger partial charge in [0.05, 0.1) is 26.9 Å². The zero-order valence-electron chi connectivity index (χ0n) is 17.3. The summed E-state index contributed by atoms with van der Waals surface area (Å²) in [5.74, 6) is 1.43. The van der Waals surface area contributed by atoms with Crippen LogP contribution in [0.1, 0.15) is 27.0 Å². The summed E-state index contributed by atoms with van der Waals surface area (Å²) in [4.78, 5) is 14.9. The van der Waals surface area contributed by atoms with Crippen LogP contribution in [0.5, 0.6) is 11.5 Å². The molecule has 0 spiro atoms. The van der Waals surface area contributed by atoms with Crippen molar-refractivity contribution in [3.63, 3.8) is 0 Å². The highest BCUT2D eigenvalue weighted by molar-refractivity contribution is 6.30. The highest BCUT2D eigenvalue weighted by Gasteiger charge is 2.21. The lowest BCUT2D eigenvalue weighted by atomic mass is 10.1. The van der Waals surface area contributed by atoms with Crippen molar-refractivity contribution in [2.45, 2.75) is 19.8 Å². The standard InChI is InChI=1S/C25H24ClNO4/c1-29-23-4-2-3-20(14-23)25(28)27-11-12-31-24-10-7-19(13-21(24)15-27)17-30-16-18-5-8-22(26)9-6-18/h2-10,13-14H,11-12,15-17H2,1H3. The first-order valence-corrected chi connectivity index (χ1v) is 10.5. The van der Waals surface area contributed by atoms with Crippen LogP contribution in [0.4, 0.5) is 0 Å². The number of amides is 1. The van der Waals surface area contributed by atoms with Gasteiger partial charge < -0.3 is 19.1 Å². The third kappa shape index (κ3) is 5.37. The Labute approximate surface area is 187 Å². The molecule has 0 saturated heterocycles. The largest absolute Gasteiger partial charge is 0.497 e. The highest BCUT2D eigenvalue weighted by Crippen LogP contribution is 2.26. The Bertz CT molecular complexity index is 1050. The fraction of sp³-hybridized carbons (Fsp3) is 0.240. The van der Waals surface area contributed by atoms with Gasteiger partial charge in [0.1, 0.15) is 18.1 Å². The van der Waals surface area contributed by atoms with E-state index in [0.717, 1.165) is 22.4 Å². The van der Waals surface area contributed by atoms with Gasteiger partial charge >= 0.3 is 0 Å². The fourth-order valence-corrected chi connectivity index (χ4v) is 3.64. The van der Waals surface area contributed by atoms with Crippen LogP contribution in [0, 0.1) is 0 Å². The topological polar surface area (TPSA) is 48.0 Å². The third-order valence-corrected chi connectivity index (χ3v) is 5.41. The maximum Gasteiger partial charge on any atom is 0.254 e. The van der Waals surface area contributed by atoms with E-state index in [2.05, 4.69) is 0 Å². The van der Waals surface area contributed by atoms with Crippen LogP contribution in [-0.2, 0) is 24.5 Å². The van der Waals surface area contributed by atoms with Crippen molar-refractivity contribution in [3.8, 4) is 11.5 Å². The van der Waals surface area contributed by atoms with E-state index in [9.17, 15) is 4.79 Å². The molecule has 5 nitrogen and oxygen atoms in total. The van der Waals surface area contributed by atoms with Crippen molar-refractivity contribution in [1.82, 2.24) is 4.90 Å². The van der Waals surface area contributed by atoms with Gasteiger partial charge in [-0.2, -0.15) is 0 Å². The Morgan fingerprint density at radius 3 is 2.61 bits per heavy atom. The number of hydrogen-bond acceptors (Lipinski definition) is 4. The molecule has 0 radical (unpaired) electrons. The summed E-state index contributed by atoms with van der Waals surface area (Å²) < 4.78 is 17.0. The third-order valence-electron chi connectivity index (χ3n) is 5.16. The lowest BCUT2D eigenvalue weighted by molar-refractivity contribution is 0.0733. The van der Waals surface area contributed by atoms with Gasteiger partial charge in [-0.1, -0.05) is 35.9 Å². The molecule has 1 aliphatic rings. The smallest absolute Gasteiger partial charge is 0.254 e. The zero-order valence-corrected chi connectivity index (χ0v) is 18.1. The van der Waals surface area contributed by atoms with Crippen LogP contribution in [0.3, 0.4) is 0 Å². The summed E-state index contributed by atoms with van der Waals surface area (Å²) in [5, 5.41) is 0.711. The molecule has 6 heteroatoms. The second kappa shape index (κ2) is 9.86. The molecule has 0 N–H and O–H groups in total. The maximum atomic E-state index is 13.0. The number of fused-ring (bicyclic) bond motifs is 1. The number of nitrogens with zero attached hydrogens (tertiary/aromatic N) is 1. The predicted molar refractivity (Wildman–Crippen MR) is 120 cm³/mol. The van der Waals surface area contributed by atoms with E-state index in [0.29, 0.717) is 49.2 Å². The molecule has 0 bridgehead atoms. The summed E-state index contributed by atoms with van der Waals surface area (Å²) in [6, 6.07) is 20.8. The van der Waals surface area contributed by atoms with E-state index in [1.807, 2.05) is 54.6 Å². The van der Waals surface area contributed by atoms with Gasteiger partial charge in [-0.25, -0.2) is 0 Å². The van der Waals surface area contributed by atoms with Crippen LogP contribution in [0.25, 0.3) is 0 Å². The van der Waals surface area contributed by atoms with Gasteiger partial charge in [0, 0.05) is 22.7 Å². The summed E-state index contributed by atoms with van der Waals surface area (Å²) in [6.45, 7) is 2.43. The predicted octanol–water partition coefficient (Wildman–Crippen LogP) is 5.10. The van der Waals surface area contributed by atoms with Crippen molar-refractivity contribution in [2.24, 2.45) is 0 Å². The van der Waals surface area contributed by atoms with Crippen molar-refractivity contribution >= 4 is 17.5 Å². The molecular weight excluding hydrogens is 414 g/mol. The molecule has 3 aromatic rings. The molecule has 0 atom stereocenters. The minimum Gasteiger partial charge on any atom is -0.497 e. The minimum atomic E-state index is -0.0419. The van der Waals surface area contributed by atoms with E-state index < -0.39 is 0 Å². The number of carbonyl (C=O) groups is 1. The molecule has 0 unspecified atom stereocenters. The number of methoxy groups -OCH3 is 1. The molecule has 1 amide bonds. The number of halogens is 1. The Balaban J connectivity index is 1.43. The quantitative estimate of drug-likeness (QED) is 0.538. The molecule has 0 aromatic heterocycles. The Morgan fingerprint density at radius 1 is 1.03 bits per heavy atom. The van der Waals surface area contributed by atoms with Crippen LogP contribution >= 0.6 is 11.6 Å². The van der Waals surface area contributed by atoms with Gasteiger partial charge in [-0.05, 0) is 53.6 Å². The molecule has 0 fully saturated rings. The van der Waals surface area contributed by atoms with Crippen molar-refractivity contribution < 1.29 is 19.0 Å². The van der Waals surface area contributed by atoms with Crippen molar-refractivity contribution in [3.05, 3.63) is 94.0 Å². The van der Waals surface area contributed by atoms with Gasteiger partial charge in [0.2, 0.25) is 0 Å². The normalized spacial score (nSPS) is 13.2.